The minimum atomic E-state index is -0.415. The van der Waals surface area contributed by atoms with Gasteiger partial charge >= 0.3 is 0 Å². The molecule has 0 bridgehead atoms. The standard InChI is InChI=1S/C13H17NO/c1-10-6-5-9-13(10,12(14)15)11-7-3-2-4-8-11/h2-4,7-8,10H,5-6,9H2,1H3,(H2,14,15). The van der Waals surface area contributed by atoms with Gasteiger partial charge in [-0.2, -0.15) is 0 Å². The zero-order valence-corrected chi connectivity index (χ0v) is 9.07. The number of carbonyl (C=O) groups excluding carboxylic acids is 1. The minimum absolute atomic E-state index is 0.168. The number of nitrogens with two attached hydrogens (primary N) is 1. The molecule has 1 aromatic rings. The van der Waals surface area contributed by atoms with E-state index in [1.54, 1.807) is 0 Å². The second-order valence-electron chi connectivity index (χ2n) is 4.49. The SMILES string of the molecule is CC1CCCC1(C(N)=O)c1ccccc1. The van der Waals surface area contributed by atoms with Gasteiger partial charge in [-0.3, -0.25) is 4.79 Å². The Hall–Kier alpha value is -1.31. The Morgan fingerprint density at radius 2 is 2.07 bits per heavy atom. The van der Waals surface area contributed by atoms with Crippen molar-refractivity contribution in [2.45, 2.75) is 31.6 Å². The van der Waals surface area contributed by atoms with E-state index in [1.165, 1.54) is 0 Å². The summed E-state index contributed by atoms with van der Waals surface area (Å²) in [6, 6.07) is 9.97. The van der Waals surface area contributed by atoms with Crippen molar-refractivity contribution in [2.75, 3.05) is 0 Å². The van der Waals surface area contributed by atoms with Gasteiger partial charge in [-0.25, -0.2) is 0 Å². The van der Waals surface area contributed by atoms with E-state index >= 15 is 0 Å². The second kappa shape index (κ2) is 3.69. The van der Waals surface area contributed by atoms with Crippen molar-refractivity contribution in [3.8, 4) is 0 Å². The largest absolute Gasteiger partial charge is 0.369 e. The van der Waals surface area contributed by atoms with Crippen LogP contribution in [0, 0.1) is 5.92 Å². The number of hydrogen-bond donors (Lipinski definition) is 1. The predicted octanol–water partition coefficient (Wildman–Crippen LogP) is 2.23. The third kappa shape index (κ3) is 1.44. The highest BCUT2D eigenvalue weighted by molar-refractivity contribution is 5.87. The Morgan fingerprint density at radius 1 is 1.40 bits per heavy atom. The molecule has 0 saturated heterocycles. The van der Waals surface area contributed by atoms with Crippen LogP contribution in [0.3, 0.4) is 0 Å². The van der Waals surface area contributed by atoms with Gasteiger partial charge in [0, 0.05) is 0 Å². The first-order valence-electron chi connectivity index (χ1n) is 5.53. The Balaban J connectivity index is 2.49. The van der Waals surface area contributed by atoms with Crippen LogP contribution in [0.25, 0.3) is 0 Å². The molecule has 2 heteroatoms. The molecule has 2 nitrogen and oxygen atoms in total. The Kier molecular flexibility index (Phi) is 2.51. The Labute approximate surface area is 90.5 Å². The lowest BCUT2D eigenvalue weighted by Crippen LogP contribution is -2.43. The summed E-state index contributed by atoms with van der Waals surface area (Å²) in [6.45, 7) is 2.13. The summed E-state index contributed by atoms with van der Waals surface area (Å²) in [7, 11) is 0. The van der Waals surface area contributed by atoms with E-state index in [9.17, 15) is 4.79 Å². The molecule has 0 aromatic heterocycles. The molecular formula is C13H17NO. The van der Waals surface area contributed by atoms with Crippen LogP contribution < -0.4 is 5.73 Å². The lowest BCUT2D eigenvalue weighted by Gasteiger charge is -2.30. The summed E-state index contributed by atoms with van der Waals surface area (Å²) >= 11 is 0. The minimum Gasteiger partial charge on any atom is -0.369 e. The molecule has 0 radical (unpaired) electrons. The first-order valence-corrected chi connectivity index (χ1v) is 5.53. The maximum atomic E-state index is 11.8. The van der Waals surface area contributed by atoms with Crippen LogP contribution in [0.1, 0.15) is 31.7 Å². The van der Waals surface area contributed by atoms with Crippen LogP contribution in [0.4, 0.5) is 0 Å². The molecule has 15 heavy (non-hydrogen) atoms. The van der Waals surface area contributed by atoms with E-state index in [1.807, 2.05) is 30.3 Å². The highest BCUT2D eigenvalue weighted by Crippen LogP contribution is 2.45. The number of amides is 1. The molecule has 2 unspecified atom stereocenters. The highest BCUT2D eigenvalue weighted by Gasteiger charge is 2.46. The fraction of sp³-hybridized carbons (Fsp3) is 0.462. The van der Waals surface area contributed by atoms with Crippen LogP contribution in [-0.2, 0) is 10.2 Å². The Bertz CT molecular complexity index is 360. The molecular weight excluding hydrogens is 186 g/mol. The van der Waals surface area contributed by atoms with Crippen LogP contribution in [0.2, 0.25) is 0 Å². The molecule has 1 saturated carbocycles. The number of rotatable bonds is 2. The molecule has 1 fully saturated rings. The van der Waals surface area contributed by atoms with Crippen molar-refractivity contribution in [3.63, 3.8) is 0 Å². The molecule has 0 heterocycles. The maximum absolute atomic E-state index is 11.8. The summed E-state index contributed by atoms with van der Waals surface area (Å²) < 4.78 is 0. The maximum Gasteiger partial charge on any atom is 0.228 e. The van der Waals surface area contributed by atoms with E-state index in [-0.39, 0.29) is 5.91 Å². The monoisotopic (exact) mass is 203 g/mol. The zero-order valence-electron chi connectivity index (χ0n) is 9.07. The first kappa shape index (κ1) is 10.2. The number of hydrogen-bond acceptors (Lipinski definition) is 1. The number of benzene rings is 1. The smallest absolute Gasteiger partial charge is 0.228 e. The summed E-state index contributed by atoms with van der Waals surface area (Å²) in [5, 5.41) is 0. The van der Waals surface area contributed by atoms with Crippen molar-refractivity contribution >= 4 is 5.91 Å². The van der Waals surface area contributed by atoms with Gasteiger partial charge in [-0.15, -0.1) is 0 Å². The van der Waals surface area contributed by atoms with Crippen molar-refractivity contribution in [1.82, 2.24) is 0 Å². The van der Waals surface area contributed by atoms with E-state index < -0.39 is 5.41 Å². The number of primary amides is 1. The summed E-state index contributed by atoms with van der Waals surface area (Å²) in [5.74, 6) is 0.191. The van der Waals surface area contributed by atoms with E-state index in [0.717, 1.165) is 24.8 Å². The van der Waals surface area contributed by atoms with Gasteiger partial charge in [0.2, 0.25) is 5.91 Å². The fourth-order valence-electron chi connectivity index (χ4n) is 2.85. The van der Waals surface area contributed by atoms with Crippen molar-refractivity contribution in [3.05, 3.63) is 35.9 Å². The van der Waals surface area contributed by atoms with E-state index in [2.05, 4.69) is 6.92 Å². The average molecular weight is 203 g/mol. The third-order valence-corrected chi connectivity index (χ3v) is 3.78. The van der Waals surface area contributed by atoms with Crippen LogP contribution >= 0.6 is 0 Å². The fourth-order valence-corrected chi connectivity index (χ4v) is 2.85. The topological polar surface area (TPSA) is 43.1 Å². The molecule has 1 aliphatic carbocycles. The van der Waals surface area contributed by atoms with Crippen molar-refractivity contribution in [1.29, 1.82) is 0 Å². The average Bonchev–Trinajstić information content (AvgIpc) is 2.62. The summed E-state index contributed by atoms with van der Waals surface area (Å²) in [5.41, 5.74) is 6.29. The Morgan fingerprint density at radius 3 is 2.53 bits per heavy atom. The molecule has 2 atom stereocenters. The third-order valence-electron chi connectivity index (χ3n) is 3.78. The quantitative estimate of drug-likeness (QED) is 0.787. The molecule has 0 aliphatic heterocycles. The van der Waals surface area contributed by atoms with E-state index in [4.69, 9.17) is 5.73 Å². The van der Waals surface area contributed by atoms with Crippen LogP contribution in [0.15, 0.2) is 30.3 Å². The van der Waals surface area contributed by atoms with Gasteiger partial charge in [-0.05, 0) is 24.3 Å². The molecule has 80 valence electrons. The molecule has 2 N–H and O–H groups in total. The van der Waals surface area contributed by atoms with E-state index in [0.29, 0.717) is 5.92 Å². The van der Waals surface area contributed by atoms with Gasteiger partial charge < -0.3 is 5.73 Å². The van der Waals surface area contributed by atoms with Gasteiger partial charge in [0.1, 0.15) is 0 Å². The molecule has 2 rings (SSSR count). The number of carbonyl (C=O) groups is 1. The van der Waals surface area contributed by atoms with Gasteiger partial charge in [0.05, 0.1) is 5.41 Å². The van der Waals surface area contributed by atoms with Crippen LogP contribution in [-0.4, -0.2) is 5.91 Å². The van der Waals surface area contributed by atoms with Crippen molar-refractivity contribution in [2.24, 2.45) is 11.7 Å². The molecule has 1 amide bonds. The molecule has 1 aromatic carbocycles. The lowest BCUT2D eigenvalue weighted by molar-refractivity contribution is -0.124. The predicted molar refractivity (Wildman–Crippen MR) is 60.3 cm³/mol. The molecule has 0 spiro atoms. The normalized spacial score (nSPS) is 30.3. The zero-order chi connectivity index (χ0) is 10.9. The lowest BCUT2D eigenvalue weighted by atomic mass is 9.72. The summed E-state index contributed by atoms with van der Waals surface area (Å²) in [6.07, 6.45) is 3.09. The highest BCUT2D eigenvalue weighted by atomic mass is 16.1. The van der Waals surface area contributed by atoms with Gasteiger partial charge in [0.25, 0.3) is 0 Å². The van der Waals surface area contributed by atoms with Gasteiger partial charge in [-0.1, -0.05) is 43.7 Å². The summed E-state index contributed by atoms with van der Waals surface area (Å²) in [4.78, 5) is 11.8. The van der Waals surface area contributed by atoms with Crippen molar-refractivity contribution < 1.29 is 4.79 Å². The van der Waals surface area contributed by atoms with Gasteiger partial charge in [0.15, 0.2) is 0 Å². The second-order valence-corrected chi connectivity index (χ2v) is 4.49. The first-order chi connectivity index (χ1) is 7.18. The van der Waals surface area contributed by atoms with Crippen LogP contribution in [0.5, 0.6) is 0 Å². The molecule has 1 aliphatic rings.